The molecule has 1 heterocycles. The summed E-state index contributed by atoms with van der Waals surface area (Å²) in [4.78, 5) is 4.62. The van der Waals surface area contributed by atoms with Crippen molar-refractivity contribution in [1.82, 2.24) is 14.9 Å². The normalized spacial score (nSPS) is 14.7. The Bertz CT molecular complexity index is 647. The molecule has 1 aromatic carbocycles. The maximum absolute atomic E-state index is 4.62. The van der Waals surface area contributed by atoms with Crippen LogP contribution in [0.4, 0.5) is 0 Å². The molecule has 0 saturated carbocycles. The summed E-state index contributed by atoms with van der Waals surface area (Å²) in [6, 6.07) is 9.35. The Morgan fingerprint density at radius 1 is 1.08 bits per heavy atom. The Morgan fingerprint density at radius 3 is 2.24 bits per heavy atom. The van der Waals surface area contributed by atoms with Crippen LogP contribution >= 0.6 is 0 Å². The van der Waals surface area contributed by atoms with Crippen molar-refractivity contribution >= 4 is 0 Å². The SMILES string of the molecule is CCC(c1ccc(-c2cn([C@@H](C)CNC(C)(C)C)cn2)cc1)C(C)C. The van der Waals surface area contributed by atoms with E-state index in [-0.39, 0.29) is 5.54 Å². The average Bonchev–Trinajstić information content (AvgIpc) is 3.03. The van der Waals surface area contributed by atoms with Crippen molar-refractivity contribution in [2.24, 2.45) is 5.92 Å². The molecule has 3 nitrogen and oxygen atoms in total. The minimum absolute atomic E-state index is 0.139. The highest BCUT2D eigenvalue weighted by Gasteiger charge is 2.15. The van der Waals surface area contributed by atoms with Gasteiger partial charge in [-0.25, -0.2) is 4.98 Å². The largest absolute Gasteiger partial charge is 0.333 e. The molecule has 25 heavy (non-hydrogen) atoms. The Balaban J connectivity index is 2.09. The van der Waals surface area contributed by atoms with Gasteiger partial charge in [-0.2, -0.15) is 0 Å². The van der Waals surface area contributed by atoms with Gasteiger partial charge in [-0.15, -0.1) is 0 Å². The summed E-state index contributed by atoms with van der Waals surface area (Å²) >= 11 is 0. The third kappa shape index (κ3) is 5.43. The number of nitrogens with one attached hydrogen (secondary N) is 1. The first kappa shape index (κ1) is 19.7. The maximum atomic E-state index is 4.62. The van der Waals surface area contributed by atoms with Crippen molar-refractivity contribution in [3.8, 4) is 11.3 Å². The van der Waals surface area contributed by atoms with Crippen molar-refractivity contribution in [2.75, 3.05) is 6.54 Å². The summed E-state index contributed by atoms with van der Waals surface area (Å²) in [7, 11) is 0. The van der Waals surface area contributed by atoms with E-state index in [4.69, 9.17) is 0 Å². The summed E-state index contributed by atoms with van der Waals surface area (Å²) in [6.07, 6.45) is 5.29. The minimum Gasteiger partial charge on any atom is -0.333 e. The first-order valence-corrected chi connectivity index (χ1v) is 9.60. The van der Waals surface area contributed by atoms with E-state index in [1.807, 2.05) is 6.33 Å². The van der Waals surface area contributed by atoms with E-state index >= 15 is 0 Å². The molecule has 0 aliphatic heterocycles. The standard InChI is InChI=1S/C22H35N3/c1-8-20(16(2)3)18-9-11-19(12-10-18)21-14-25(15-23-21)17(4)13-24-22(5,6)7/h9-12,14-17,20,24H,8,13H2,1-7H3/t17-,20?/m0/s1. The van der Waals surface area contributed by atoms with Crippen LogP contribution in [0.5, 0.6) is 0 Å². The first-order chi connectivity index (χ1) is 11.7. The molecule has 138 valence electrons. The van der Waals surface area contributed by atoms with E-state index in [9.17, 15) is 0 Å². The van der Waals surface area contributed by atoms with Gasteiger partial charge >= 0.3 is 0 Å². The van der Waals surface area contributed by atoms with Gasteiger partial charge < -0.3 is 9.88 Å². The van der Waals surface area contributed by atoms with E-state index < -0.39 is 0 Å². The minimum atomic E-state index is 0.139. The second kappa shape index (κ2) is 8.18. The van der Waals surface area contributed by atoms with Crippen molar-refractivity contribution < 1.29 is 0 Å². The fourth-order valence-electron chi connectivity index (χ4n) is 3.28. The van der Waals surface area contributed by atoms with Crippen LogP contribution in [-0.4, -0.2) is 21.6 Å². The van der Waals surface area contributed by atoms with Gasteiger partial charge in [0, 0.05) is 29.9 Å². The Hall–Kier alpha value is -1.61. The summed E-state index contributed by atoms with van der Waals surface area (Å²) in [5.41, 5.74) is 3.81. The predicted molar refractivity (Wildman–Crippen MR) is 108 cm³/mol. The Morgan fingerprint density at radius 2 is 1.72 bits per heavy atom. The molecule has 0 spiro atoms. The fourth-order valence-corrected chi connectivity index (χ4v) is 3.28. The van der Waals surface area contributed by atoms with Gasteiger partial charge in [0.05, 0.1) is 12.0 Å². The number of nitrogens with zero attached hydrogens (tertiary/aromatic N) is 2. The van der Waals surface area contributed by atoms with Crippen LogP contribution in [0.2, 0.25) is 0 Å². The van der Waals surface area contributed by atoms with Crippen LogP contribution in [-0.2, 0) is 0 Å². The van der Waals surface area contributed by atoms with Crippen LogP contribution < -0.4 is 5.32 Å². The lowest BCUT2D eigenvalue weighted by molar-refractivity contribution is 0.379. The zero-order valence-electron chi connectivity index (χ0n) is 17.0. The third-order valence-corrected chi connectivity index (χ3v) is 4.92. The van der Waals surface area contributed by atoms with Gasteiger partial charge in [0.15, 0.2) is 0 Å². The molecule has 0 saturated heterocycles. The number of hydrogen-bond donors (Lipinski definition) is 1. The molecule has 1 unspecified atom stereocenters. The second-order valence-corrected chi connectivity index (χ2v) is 8.57. The molecule has 2 atom stereocenters. The lowest BCUT2D eigenvalue weighted by atomic mass is 9.86. The zero-order valence-corrected chi connectivity index (χ0v) is 17.0. The van der Waals surface area contributed by atoms with Crippen LogP contribution in [0.3, 0.4) is 0 Å². The van der Waals surface area contributed by atoms with Crippen molar-refractivity contribution in [3.05, 3.63) is 42.4 Å². The predicted octanol–water partition coefficient (Wildman–Crippen LogP) is 5.65. The molecule has 0 radical (unpaired) electrons. The molecule has 2 rings (SSSR count). The highest BCUT2D eigenvalue weighted by atomic mass is 15.1. The highest BCUT2D eigenvalue weighted by molar-refractivity contribution is 5.58. The first-order valence-electron chi connectivity index (χ1n) is 9.60. The Labute approximate surface area is 153 Å². The summed E-state index contributed by atoms with van der Waals surface area (Å²) in [6.45, 7) is 16.6. The molecule has 0 aliphatic carbocycles. The van der Waals surface area contributed by atoms with E-state index in [1.54, 1.807) is 0 Å². The quantitative estimate of drug-likeness (QED) is 0.705. The number of aromatic nitrogens is 2. The maximum Gasteiger partial charge on any atom is 0.0956 e. The van der Waals surface area contributed by atoms with Gasteiger partial charge in [0.1, 0.15) is 0 Å². The summed E-state index contributed by atoms with van der Waals surface area (Å²) < 4.78 is 2.20. The van der Waals surface area contributed by atoms with Crippen LogP contribution in [0.15, 0.2) is 36.8 Å². The van der Waals surface area contributed by atoms with Gasteiger partial charge in [-0.3, -0.25) is 0 Å². The van der Waals surface area contributed by atoms with Gasteiger partial charge in [0.2, 0.25) is 0 Å². The molecule has 0 aliphatic rings. The van der Waals surface area contributed by atoms with Crippen LogP contribution in [0.1, 0.15) is 72.4 Å². The van der Waals surface area contributed by atoms with Crippen molar-refractivity contribution in [1.29, 1.82) is 0 Å². The molecular formula is C22H35N3. The number of hydrogen-bond acceptors (Lipinski definition) is 2. The zero-order chi connectivity index (χ0) is 18.6. The van der Waals surface area contributed by atoms with Crippen LogP contribution in [0.25, 0.3) is 11.3 Å². The molecule has 3 heteroatoms. The number of imidazole rings is 1. The van der Waals surface area contributed by atoms with Crippen molar-refractivity contribution in [2.45, 2.75) is 72.4 Å². The van der Waals surface area contributed by atoms with Gasteiger partial charge in [0.25, 0.3) is 0 Å². The smallest absolute Gasteiger partial charge is 0.0956 e. The molecule has 1 N–H and O–H groups in total. The lowest BCUT2D eigenvalue weighted by Crippen LogP contribution is -2.39. The van der Waals surface area contributed by atoms with Gasteiger partial charge in [-0.05, 0) is 51.5 Å². The van der Waals surface area contributed by atoms with E-state index in [0.29, 0.717) is 17.9 Å². The Kier molecular flexibility index (Phi) is 6.45. The average molecular weight is 342 g/mol. The van der Waals surface area contributed by atoms with Crippen molar-refractivity contribution in [3.63, 3.8) is 0 Å². The lowest BCUT2D eigenvalue weighted by Gasteiger charge is -2.24. The van der Waals surface area contributed by atoms with Crippen LogP contribution in [0, 0.1) is 5.92 Å². The summed E-state index contributed by atoms with van der Waals surface area (Å²) in [5.74, 6) is 1.31. The van der Waals surface area contributed by atoms with E-state index in [2.05, 4.69) is 93.8 Å². The van der Waals surface area contributed by atoms with Gasteiger partial charge in [-0.1, -0.05) is 45.0 Å². The molecule has 1 aromatic heterocycles. The molecular weight excluding hydrogens is 306 g/mol. The molecule has 0 amide bonds. The number of rotatable bonds is 7. The fraction of sp³-hybridized carbons (Fsp3) is 0.591. The molecule has 2 aromatic rings. The monoisotopic (exact) mass is 341 g/mol. The molecule has 0 fully saturated rings. The van der Waals surface area contributed by atoms with E-state index in [1.165, 1.54) is 17.5 Å². The van der Waals surface area contributed by atoms with E-state index in [0.717, 1.165) is 12.2 Å². The molecule has 0 bridgehead atoms. The number of benzene rings is 1. The topological polar surface area (TPSA) is 29.9 Å². The highest BCUT2D eigenvalue weighted by Crippen LogP contribution is 2.29. The second-order valence-electron chi connectivity index (χ2n) is 8.57. The third-order valence-electron chi connectivity index (χ3n) is 4.92. The summed E-state index contributed by atoms with van der Waals surface area (Å²) in [5, 5.41) is 3.56.